The maximum Gasteiger partial charge on any atom is 0.197 e. The fourth-order valence-electron chi connectivity index (χ4n) is 3.27. The van der Waals surface area contributed by atoms with E-state index in [4.69, 9.17) is 16.0 Å². The summed E-state index contributed by atoms with van der Waals surface area (Å²) in [6, 6.07) is 6.38. The van der Waals surface area contributed by atoms with Gasteiger partial charge in [0.15, 0.2) is 5.22 Å². The average molecular weight is 305 g/mol. The number of rotatable bonds is 5. The Bertz CT molecular complexity index is 596. The molecule has 0 aliphatic heterocycles. The third kappa shape index (κ3) is 2.99. The predicted molar refractivity (Wildman–Crippen MR) is 84.7 cm³/mol. The van der Waals surface area contributed by atoms with Crippen LogP contribution in [0.15, 0.2) is 35.1 Å². The quantitative estimate of drug-likeness (QED) is 0.884. The van der Waals surface area contributed by atoms with E-state index in [2.05, 4.69) is 23.3 Å². The molecule has 0 amide bonds. The number of aromatic nitrogens is 1. The lowest BCUT2D eigenvalue weighted by Gasteiger charge is -2.31. The molecule has 112 valence electrons. The molecule has 1 aliphatic carbocycles. The number of fused-ring (bicyclic) bond motifs is 1. The van der Waals surface area contributed by atoms with Crippen molar-refractivity contribution < 1.29 is 4.42 Å². The lowest BCUT2D eigenvalue weighted by Crippen LogP contribution is -2.30. The Hall–Kier alpha value is -1.32. The first-order valence-electron chi connectivity index (χ1n) is 7.71. The lowest BCUT2D eigenvalue weighted by molar-refractivity contribution is 0.391. The Labute approximate surface area is 130 Å². The summed E-state index contributed by atoms with van der Waals surface area (Å²) in [7, 11) is 0. The number of pyridine rings is 1. The highest BCUT2D eigenvalue weighted by atomic mass is 35.5. The van der Waals surface area contributed by atoms with Crippen LogP contribution in [0.1, 0.15) is 55.0 Å². The second-order valence-electron chi connectivity index (χ2n) is 5.63. The third-order valence-corrected chi connectivity index (χ3v) is 4.54. The summed E-state index contributed by atoms with van der Waals surface area (Å²) < 4.78 is 5.31. The molecule has 0 saturated carbocycles. The zero-order valence-corrected chi connectivity index (χ0v) is 13.1. The molecule has 2 heterocycles. The van der Waals surface area contributed by atoms with Crippen LogP contribution in [-0.2, 0) is 6.42 Å². The SMILES string of the molecule is CCCNC(c1ccoc1Cl)C1CCCc2cccnc21. The molecule has 1 N–H and O–H groups in total. The fraction of sp³-hybridized carbons (Fsp3) is 0.471. The zero-order chi connectivity index (χ0) is 14.7. The largest absolute Gasteiger partial charge is 0.453 e. The van der Waals surface area contributed by atoms with Crippen LogP contribution in [0.25, 0.3) is 0 Å². The second-order valence-corrected chi connectivity index (χ2v) is 5.97. The van der Waals surface area contributed by atoms with Gasteiger partial charge in [0.25, 0.3) is 0 Å². The minimum Gasteiger partial charge on any atom is -0.453 e. The number of nitrogens with zero attached hydrogens (tertiary/aromatic N) is 1. The first kappa shape index (κ1) is 14.6. The zero-order valence-electron chi connectivity index (χ0n) is 12.3. The van der Waals surface area contributed by atoms with Gasteiger partial charge >= 0.3 is 0 Å². The van der Waals surface area contributed by atoms with Crippen molar-refractivity contribution in [2.24, 2.45) is 0 Å². The van der Waals surface area contributed by atoms with E-state index in [1.165, 1.54) is 17.7 Å². The first-order valence-corrected chi connectivity index (χ1v) is 8.09. The van der Waals surface area contributed by atoms with Gasteiger partial charge < -0.3 is 9.73 Å². The molecule has 0 bridgehead atoms. The smallest absolute Gasteiger partial charge is 0.197 e. The van der Waals surface area contributed by atoms with Gasteiger partial charge in [-0.3, -0.25) is 4.98 Å². The van der Waals surface area contributed by atoms with Gasteiger partial charge in [-0.2, -0.15) is 0 Å². The molecular weight excluding hydrogens is 284 g/mol. The van der Waals surface area contributed by atoms with Gasteiger partial charge in [0.05, 0.1) is 6.26 Å². The molecule has 2 aromatic heterocycles. The van der Waals surface area contributed by atoms with Crippen molar-refractivity contribution in [3.05, 3.63) is 52.7 Å². The number of aryl methyl sites for hydroxylation is 1. The van der Waals surface area contributed by atoms with Crippen LogP contribution < -0.4 is 5.32 Å². The van der Waals surface area contributed by atoms with E-state index >= 15 is 0 Å². The number of furan rings is 1. The molecular formula is C17H21ClN2O. The average Bonchev–Trinajstić information content (AvgIpc) is 2.94. The molecule has 3 rings (SSSR count). The van der Waals surface area contributed by atoms with Crippen LogP contribution in [0.2, 0.25) is 5.22 Å². The first-order chi connectivity index (χ1) is 10.3. The van der Waals surface area contributed by atoms with Gasteiger partial charge in [0.2, 0.25) is 0 Å². The highest BCUT2D eigenvalue weighted by Crippen LogP contribution is 2.41. The molecule has 2 aromatic rings. The van der Waals surface area contributed by atoms with Crippen LogP contribution in [-0.4, -0.2) is 11.5 Å². The maximum absolute atomic E-state index is 6.23. The Morgan fingerprint density at radius 1 is 1.48 bits per heavy atom. The standard InChI is InChI=1S/C17H21ClN2O/c1-2-9-19-16(14-8-11-21-17(14)18)13-7-3-5-12-6-4-10-20-15(12)13/h4,6,8,10-11,13,16,19H,2-3,5,7,9H2,1H3. The summed E-state index contributed by atoms with van der Waals surface area (Å²) >= 11 is 6.23. The van der Waals surface area contributed by atoms with Crippen molar-refractivity contribution in [1.29, 1.82) is 0 Å². The summed E-state index contributed by atoms with van der Waals surface area (Å²) in [5, 5.41) is 4.13. The minimum atomic E-state index is 0.171. The van der Waals surface area contributed by atoms with Crippen LogP contribution in [0.3, 0.4) is 0 Å². The van der Waals surface area contributed by atoms with Crippen molar-refractivity contribution in [2.45, 2.75) is 44.6 Å². The van der Waals surface area contributed by atoms with E-state index in [1.54, 1.807) is 6.26 Å². The Morgan fingerprint density at radius 3 is 3.14 bits per heavy atom. The van der Waals surface area contributed by atoms with E-state index < -0.39 is 0 Å². The predicted octanol–water partition coefficient (Wildman–Crippen LogP) is 4.49. The van der Waals surface area contributed by atoms with Crippen LogP contribution >= 0.6 is 11.6 Å². The maximum atomic E-state index is 6.23. The Kier molecular flexibility index (Phi) is 4.61. The van der Waals surface area contributed by atoms with Gasteiger partial charge in [-0.1, -0.05) is 13.0 Å². The number of hydrogen-bond acceptors (Lipinski definition) is 3. The molecule has 2 unspecified atom stereocenters. The fourth-order valence-corrected chi connectivity index (χ4v) is 3.50. The van der Waals surface area contributed by atoms with Crippen LogP contribution in [0.4, 0.5) is 0 Å². The van der Waals surface area contributed by atoms with E-state index in [0.717, 1.165) is 31.4 Å². The highest BCUT2D eigenvalue weighted by molar-refractivity contribution is 6.29. The van der Waals surface area contributed by atoms with E-state index in [0.29, 0.717) is 11.1 Å². The number of halogens is 1. The molecule has 21 heavy (non-hydrogen) atoms. The summed E-state index contributed by atoms with van der Waals surface area (Å²) in [5.74, 6) is 0.358. The molecule has 0 spiro atoms. The molecule has 3 nitrogen and oxygen atoms in total. The van der Waals surface area contributed by atoms with Gasteiger partial charge in [-0.15, -0.1) is 0 Å². The topological polar surface area (TPSA) is 38.1 Å². The van der Waals surface area contributed by atoms with Crippen LogP contribution in [0, 0.1) is 0 Å². The molecule has 0 aromatic carbocycles. The summed E-state index contributed by atoms with van der Waals surface area (Å²) in [5.41, 5.74) is 3.64. The third-order valence-electron chi connectivity index (χ3n) is 4.24. The molecule has 0 saturated heterocycles. The second kappa shape index (κ2) is 6.63. The van der Waals surface area contributed by atoms with Crippen molar-refractivity contribution in [2.75, 3.05) is 6.54 Å². The Morgan fingerprint density at radius 2 is 2.38 bits per heavy atom. The minimum absolute atomic E-state index is 0.171. The summed E-state index contributed by atoms with van der Waals surface area (Å²) in [4.78, 5) is 4.66. The molecule has 4 heteroatoms. The molecule has 1 aliphatic rings. The number of nitrogens with one attached hydrogen (secondary N) is 1. The van der Waals surface area contributed by atoms with Gasteiger partial charge in [0, 0.05) is 29.4 Å². The van der Waals surface area contributed by atoms with Crippen molar-refractivity contribution >= 4 is 11.6 Å². The summed E-state index contributed by atoms with van der Waals surface area (Å²) in [6.07, 6.45) is 8.11. The highest BCUT2D eigenvalue weighted by Gasteiger charge is 2.31. The van der Waals surface area contributed by atoms with Gasteiger partial charge in [0.1, 0.15) is 0 Å². The lowest BCUT2D eigenvalue weighted by atomic mass is 9.80. The normalized spacial score (nSPS) is 19.2. The summed E-state index contributed by atoms with van der Waals surface area (Å²) in [6.45, 7) is 3.14. The monoisotopic (exact) mass is 304 g/mol. The van der Waals surface area contributed by atoms with Crippen molar-refractivity contribution in [1.82, 2.24) is 10.3 Å². The van der Waals surface area contributed by atoms with Gasteiger partial charge in [-0.25, -0.2) is 0 Å². The molecule has 2 atom stereocenters. The van der Waals surface area contributed by atoms with Crippen LogP contribution in [0.5, 0.6) is 0 Å². The Balaban J connectivity index is 1.96. The molecule has 0 radical (unpaired) electrons. The van der Waals surface area contributed by atoms with E-state index in [-0.39, 0.29) is 6.04 Å². The van der Waals surface area contributed by atoms with E-state index in [1.807, 2.05) is 18.3 Å². The van der Waals surface area contributed by atoms with E-state index in [9.17, 15) is 0 Å². The van der Waals surface area contributed by atoms with Crippen molar-refractivity contribution in [3.63, 3.8) is 0 Å². The van der Waals surface area contributed by atoms with Gasteiger partial charge in [-0.05, 0) is 61.5 Å². The number of hydrogen-bond donors (Lipinski definition) is 1. The van der Waals surface area contributed by atoms with Crippen molar-refractivity contribution in [3.8, 4) is 0 Å². The molecule has 0 fully saturated rings.